The molecule has 39 heavy (non-hydrogen) atoms. The number of fused-ring (bicyclic) bond motifs is 3. The lowest BCUT2D eigenvalue weighted by Gasteiger charge is -2.40. The molecule has 1 aliphatic carbocycles. The largest absolute Gasteiger partial charge is 0.493 e. The van der Waals surface area contributed by atoms with Crippen molar-refractivity contribution >= 4 is 39.8 Å². The first kappa shape index (κ1) is 25.2. The van der Waals surface area contributed by atoms with E-state index >= 15 is 0 Å². The van der Waals surface area contributed by atoms with E-state index in [4.69, 9.17) is 21.1 Å². The molecule has 196 valence electrons. The molecule has 4 aromatic carbocycles. The van der Waals surface area contributed by atoms with Gasteiger partial charge in [0.15, 0.2) is 17.3 Å². The number of nitrogens with one attached hydrogen (secondary N) is 1. The Morgan fingerprint density at radius 2 is 1.72 bits per heavy atom. The average Bonchev–Trinajstić information content (AvgIpc) is 2.91. The van der Waals surface area contributed by atoms with Gasteiger partial charge in [-0.3, -0.25) is 4.79 Å². The minimum atomic E-state index is -0.570. The van der Waals surface area contributed by atoms with Gasteiger partial charge >= 0.3 is 5.97 Å². The number of ketones is 1. The molecule has 1 unspecified atom stereocenters. The van der Waals surface area contributed by atoms with Gasteiger partial charge in [-0.2, -0.15) is 0 Å². The van der Waals surface area contributed by atoms with Gasteiger partial charge in [-0.1, -0.05) is 74.0 Å². The Bertz CT molecular complexity index is 1690. The van der Waals surface area contributed by atoms with E-state index in [1.807, 2.05) is 24.3 Å². The average molecular weight is 538 g/mol. The van der Waals surface area contributed by atoms with Gasteiger partial charge < -0.3 is 14.8 Å². The minimum Gasteiger partial charge on any atom is -0.493 e. The standard InChI is InChI=1S/C33H28ClNO4/c1-33(2)17-25-31(26(36)18-33)29(30-21-9-5-4-8-19(21)12-14-24(30)35-25)20-13-15-27(28(16-20)38-3)39-32(37)22-10-6-7-11-23(22)34/h4-16,29,35H,17-18H2,1-3H3. The molecular formula is C33H28ClNO4. The number of hydrogen-bond acceptors (Lipinski definition) is 5. The smallest absolute Gasteiger partial charge is 0.345 e. The van der Waals surface area contributed by atoms with Crippen LogP contribution in [0.5, 0.6) is 11.5 Å². The fourth-order valence-electron chi connectivity index (χ4n) is 5.87. The number of carbonyl (C=O) groups excluding carboxylic acids is 2. The quantitative estimate of drug-likeness (QED) is 0.211. The van der Waals surface area contributed by atoms with Gasteiger partial charge in [0.05, 0.1) is 17.7 Å². The van der Waals surface area contributed by atoms with Crippen LogP contribution in [0, 0.1) is 5.41 Å². The van der Waals surface area contributed by atoms with Crippen LogP contribution in [0.1, 0.15) is 54.1 Å². The first-order valence-corrected chi connectivity index (χ1v) is 13.3. The minimum absolute atomic E-state index is 0.129. The van der Waals surface area contributed by atoms with Crippen LogP contribution in [0.15, 0.2) is 90.1 Å². The summed E-state index contributed by atoms with van der Waals surface area (Å²) >= 11 is 6.20. The number of esters is 1. The summed E-state index contributed by atoms with van der Waals surface area (Å²) in [5.74, 6) is -0.0410. The number of carbonyl (C=O) groups is 2. The van der Waals surface area contributed by atoms with Crippen molar-refractivity contribution in [3.05, 3.63) is 112 Å². The summed E-state index contributed by atoms with van der Waals surface area (Å²) in [5.41, 5.74) is 4.85. The van der Waals surface area contributed by atoms with E-state index in [0.29, 0.717) is 17.2 Å². The van der Waals surface area contributed by atoms with Gasteiger partial charge in [0, 0.05) is 29.3 Å². The Morgan fingerprint density at radius 3 is 2.51 bits per heavy atom. The summed E-state index contributed by atoms with van der Waals surface area (Å²) in [7, 11) is 1.54. The summed E-state index contributed by atoms with van der Waals surface area (Å²) in [4.78, 5) is 26.6. The van der Waals surface area contributed by atoms with Crippen LogP contribution in [0.4, 0.5) is 5.69 Å². The summed E-state index contributed by atoms with van der Waals surface area (Å²) in [6.45, 7) is 4.26. The highest BCUT2D eigenvalue weighted by Gasteiger charge is 2.41. The van der Waals surface area contributed by atoms with Crippen LogP contribution in [0.25, 0.3) is 10.8 Å². The molecule has 6 rings (SSSR count). The zero-order chi connectivity index (χ0) is 27.3. The molecule has 0 radical (unpaired) electrons. The fraction of sp³-hybridized carbons (Fsp3) is 0.212. The predicted molar refractivity (Wildman–Crippen MR) is 154 cm³/mol. The highest BCUT2D eigenvalue weighted by Crippen LogP contribution is 2.51. The van der Waals surface area contributed by atoms with Crippen molar-refractivity contribution in [2.45, 2.75) is 32.6 Å². The van der Waals surface area contributed by atoms with Gasteiger partial charge in [0.2, 0.25) is 0 Å². The molecule has 1 N–H and O–H groups in total. The molecule has 0 fully saturated rings. The number of ether oxygens (including phenoxy) is 2. The normalized spacial score (nSPS) is 17.7. The highest BCUT2D eigenvalue weighted by molar-refractivity contribution is 6.33. The molecule has 0 spiro atoms. The summed E-state index contributed by atoms with van der Waals surface area (Å²) in [5, 5.41) is 6.12. The first-order valence-electron chi connectivity index (χ1n) is 13.0. The Kier molecular flexibility index (Phi) is 6.19. The SMILES string of the molecule is COc1cc(C2C3=C(CC(C)(C)CC3=O)Nc3ccc4ccccc4c32)ccc1OC(=O)c1ccccc1Cl. The van der Waals surface area contributed by atoms with Crippen LogP contribution in [0.2, 0.25) is 5.02 Å². The van der Waals surface area contributed by atoms with Gasteiger partial charge in [-0.15, -0.1) is 0 Å². The summed E-state index contributed by atoms with van der Waals surface area (Å²) < 4.78 is 11.4. The predicted octanol–water partition coefficient (Wildman–Crippen LogP) is 7.92. The Labute approximate surface area is 232 Å². The second kappa shape index (κ2) is 9.58. The van der Waals surface area contributed by atoms with Gasteiger partial charge in [0.25, 0.3) is 0 Å². The molecule has 5 nitrogen and oxygen atoms in total. The number of rotatable bonds is 4. The van der Waals surface area contributed by atoms with Crippen molar-refractivity contribution in [3.63, 3.8) is 0 Å². The van der Waals surface area contributed by atoms with Crippen molar-refractivity contribution < 1.29 is 19.1 Å². The van der Waals surface area contributed by atoms with Crippen LogP contribution in [-0.4, -0.2) is 18.9 Å². The van der Waals surface area contributed by atoms with Crippen LogP contribution in [0.3, 0.4) is 0 Å². The Hall–Kier alpha value is -4.09. The number of hydrogen-bond donors (Lipinski definition) is 1. The zero-order valence-corrected chi connectivity index (χ0v) is 22.8. The lowest BCUT2D eigenvalue weighted by atomic mass is 9.68. The van der Waals surface area contributed by atoms with Gasteiger partial charge in [-0.05, 0) is 64.1 Å². The van der Waals surface area contributed by atoms with E-state index in [1.54, 1.807) is 30.3 Å². The monoisotopic (exact) mass is 537 g/mol. The van der Waals surface area contributed by atoms with Crippen molar-refractivity contribution in [3.8, 4) is 11.5 Å². The highest BCUT2D eigenvalue weighted by atomic mass is 35.5. The third kappa shape index (κ3) is 4.47. The maximum Gasteiger partial charge on any atom is 0.345 e. The van der Waals surface area contributed by atoms with Crippen LogP contribution >= 0.6 is 11.6 Å². The van der Waals surface area contributed by atoms with Crippen LogP contribution in [-0.2, 0) is 4.79 Å². The van der Waals surface area contributed by atoms with Crippen LogP contribution < -0.4 is 14.8 Å². The molecule has 0 bridgehead atoms. The Morgan fingerprint density at radius 1 is 0.949 bits per heavy atom. The van der Waals surface area contributed by atoms with Crippen molar-refractivity contribution in [1.29, 1.82) is 0 Å². The lowest BCUT2D eigenvalue weighted by Crippen LogP contribution is -2.33. The summed E-state index contributed by atoms with van der Waals surface area (Å²) in [6, 6.07) is 24.7. The number of methoxy groups -OCH3 is 1. The summed E-state index contributed by atoms with van der Waals surface area (Å²) in [6.07, 6.45) is 1.26. The maximum absolute atomic E-state index is 13.7. The van der Waals surface area contributed by atoms with E-state index in [1.165, 1.54) is 7.11 Å². The van der Waals surface area contributed by atoms with Crippen molar-refractivity contribution in [2.24, 2.45) is 5.41 Å². The third-order valence-electron chi connectivity index (χ3n) is 7.57. The number of anilines is 1. The van der Waals surface area contributed by atoms with Crippen molar-refractivity contribution in [1.82, 2.24) is 0 Å². The number of allylic oxidation sites excluding steroid dienone is 2. The second-order valence-corrected chi connectivity index (χ2v) is 11.3. The van der Waals surface area contributed by atoms with Gasteiger partial charge in [-0.25, -0.2) is 4.79 Å². The Balaban J connectivity index is 1.49. The molecule has 1 heterocycles. The molecule has 6 heteroatoms. The number of halogens is 1. The van der Waals surface area contributed by atoms with E-state index in [-0.39, 0.29) is 28.4 Å². The fourth-order valence-corrected chi connectivity index (χ4v) is 6.08. The lowest BCUT2D eigenvalue weighted by molar-refractivity contribution is -0.118. The molecule has 2 aliphatic rings. The molecule has 1 atom stereocenters. The molecule has 0 saturated carbocycles. The second-order valence-electron chi connectivity index (χ2n) is 10.9. The number of Topliss-reactive ketones (excluding diaryl/α,β-unsaturated/α-hetero) is 1. The molecule has 4 aromatic rings. The van der Waals surface area contributed by atoms with E-state index in [2.05, 4.69) is 43.4 Å². The van der Waals surface area contributed by atoms with E-state index in [0.717, 1.165) is 45.3 Å². The maximum atomic E-state index is 13.7. The zero-order valence-electron chi connectivity index (χ0n) is 22.0. The topological polar surface area (TPSA) is 64.6 Å². The first-order chi connectivity index (χ1) is 18.8. The molecular weight excluding hydrogens is 510 g/mol. The molecule has 0 saturated heterocycles. The van der Waals surface area contributed by atoms with Gasteiger partial charge in [0.1, 0.15) is 0 Å². The molecule has 0 amide bonds. The van der Waals surface area contributed by atoms with E-state index in [9.17, 15) is 9.59 Å². The molecule has 1 aliphatic heterocycles. The van der Waals surface area contributed by atoms with Crippen molar-refractivity contribution in [2.75, 3.05) is 12.4 Å². The third-order valence-corrected chi connectivity index (χ3v) is 7.90. The number of benzene rings is 4. The van der Waals surface area contributed by atoms with E-state index < -0.39 is 5.97 Å². The molecule has 0 aromatic heterocycles.